The smallest absolute Gasteiger partial charge is 0.319 e. The molecule has 8 heteroatoms. The zero-order chi connectivity index (χ0) is 18.4. The van der Waals surface area contributed by atoms with E-state index in [1.807, 2.05) is 0 Å². The summed E-state index contributed by atoms with van der Waals surface area (Å²) in [6.45, 7) is 1.20. The predicted octanol–water partition coefficient (Wildman–Crippen LogP) is 3.25. The number of anilines is 2. The lowest BCUT2D eigenvalue weighted by molar-refractivity contribution is -0.114. The molecule has 0 aliphatic heterocycles. The van der Waals surface area contributed by atoms with Gasteiger partial charge in [0, 0.05) is 30.8 Å². The Labute approximate surface area is 143 Å². The van der Waals surface area contributed by atoms with Crippen molar-refractivity contribution in [2.45, 2.75) is 13.5 Å². The number of urea groups is 1. The molecule has 2 rings (SSSR count). The summed E-state index contributed by atoms with van der Waals surface area (Å²) in [5.74, 6) is -1.09. The average Bonchev–Trinajstić information content (AvgIpc) is 2.56. The molecule has 0 aromatic heterocycles. The van der Waals surface area contributed by atoms with Gasteiger partial charge in [-0.2, -0.15) is 0 Å². The molecule has 0 atom stereocenters. The number of methoxy groups -OCH3 is 1. The van der Waals surface area contributed by atoms with Crippen molar-refractivity contribution in [1.29, 1.82) is 0 Å². The van der Waals surface area contributed by atoms with Gasteiger partial charge >= 0.3 is 6.03 Å². The van der Waals surface area contributed by atoms with Crippen LogP contribution >= 0.6 is 0 Å². The second-order valence-corrected chi connectivity index (χ2v) is 5.14. The van der Waals surface area contributed by atoms with Gasteiger partial charge in [-0.05, 0) is 30.3 Å². The van der Waals surface area contributed by atoms with Crippen LogP contribution in [0.25, 0.3) is 0 Å². The van der Waals surface area contributed by atoms with Gasteiger partial charge in [0.2, 0.25) is 5.91 Å². The lowest BCUT2D eigenvalue weighted by atomic mass is 10.2. The van der Waals surface area contributed by atoms with E-state index in [2.05, 4.69) is 16.0 Å². The first-order valence-electron chi connectivity index (χ1n) is 7.33. The zero-order valence-electron chi connectivity index (χ0n) is 13.7. The molecule has 0 aliphatic rings. The van der Waals surface area contributed by atoms with E-state index in [0.29, 0.717) is 17.1 Å². The third-order valence-corrected chi connectivity index (χ3v) is 3.22. The van der Waals surface area contributed by atoms with Crippen LogP contribution in [0.2, 0.25) is 0 Å². The fraction of sp³-hybridized carbons (Fsp3) is 0.176. The van der Waals surface area contributed by atoms with Gasteiger partial charge in [-0.1, -0.05) is 0 Å². The molecule has 0 saturated carbocycles. The highest BCUT2D eigenvalue weighted by Gasteiger charge is 2.09. The van der Waals surface area contributed by atoms with E-state index in [0.717, 1.165) is 18.2 Å². The Morgan fingerprint density at radius 1 is 1.08 bits per heavy atom. The van der Waals surface area contributed by atoms with Crippen LogP contribution in [-0.2, 0) is 11.3 Å². The Bertz CT molecular complexity index is 797. The largest absolute Gasteiger partial charge is 0.494 e. The summed E-state index contributed by atoms with van der Waals surface area (Å²) in [5.41, 5.74) is 0.902. The molecule has 0 radical (unpaired) electrons. The first-order valence-corrected chi connectivity index (χ1v) is 7.33. The Morgan fingerprint density at radius 2 is 1.84 bits per heavy atom. The van der Waals surface area contributed by atoms with E-state index in [1.54, 1.807) is 12.1 Å². The molecule has 0 fully saturated rings. The topological polar surface area (TPSA) is 79.5 Å². The summed E-state index contributed by atoms with van der Waals surface area (Å²) in [6, 6.07) is 7.07. The van der Waals surface area contributed by atoms with E-state index in [1.165, 1.54) is 20.1 Å². The van der Waals surface area contributed by atoms with Crippen molar-refractivity contribution < 1.29 is 23.1 Å². The van der Waals surface area contributed by atoms with Crippen molar-refractivity contribution >= 4 is 23.3 Å². The first kappa shape index (κ1) is 18.2. The van der Waals surface area contributed by atoms with Gasteiger partial charge in [0.05, 0.1) is 12.8 Å². The molecule has 132 valence electrons. The summed E-state index contributed by atoms with van der Waals surface area (Å²) >= 11 is 0. The van der Waals surface area contributed by atoms with Gasteiger partial charge in [0.25, 0.3) is 0 Å². The summed E-state index contributed by atoms with van der Waals surface area (Å²) in [4.78, 5) is 23.0. The zero-order valence-corrected chi connectivity index (χ0v) is 13.7. The van der Waals surface area contributed by atoms with Crippen molar-refractivity contribution in [3.63, 3.8) is 0 Å². The van der Waals surface area contributed by atoms with Crippen LogP contribution in [0.5, 0.6) is 5.75 Å². The standard InChI is InChI=1S/C17H17F2N3O3/c1-10(23)21-15-6-4-13(8-16(15)25-2)22-17(24)20-9-11-7-12(18)3-5-14(11)19/h3-8H,9H2,1-2H3,(H,21,23)(H2,20,22,24). The molecule has 3 amide bonds. The molecule has 25 heavy (non-hydrogen) atoms. The number of hydrogen-bond acceptors (Lipinski definition) is 3. The van der Waals surface area contributed by atoms with Crippen LogP contribution in [0, 0.1) is 11.6 Å². The van der Waals surface area contributed by atoms with Crippen LogP contribution < -0.4 is 20.7 Å². The Kier molecular flexibility index (Phi) is 5.89. The van der Waals surface area contributed by atoms with E-state index < -0.39 is 17.7 Å². The SMILES string of the molecule is COc1cc(NC(=O)NCc2cc(F)ccc2F)ccc1NC(C)=O. The predicted molar refractivity (Wildman–Crippen MR) is 89.5 cm³/mol. The normalized spacial score (nSPS) is 10.1. The van der Waals surface area contributed by atoms with Gasteiger partial charge in [0.1, 0.15) is 17.4 Å². The van der Waals surface area contributed by atoms with Gasteiger partial charge in [-0.3, -0.25) is 4.79 Å². The van der Waals surface area contributed by atoms with Crippen molar-refractivity contribution in [2.75, 3.05) is 17.7 Å². The Morgan fingerprint density at radius 3 is 2.52 bits per heavy atom. The summed E-state index contributed by atoms with van der Waals surface area (Å²) in [7, 11) is 1.43. The van der Waals surface area contributed by atoms with Gasteiger partial charge in [0.15, 0.2) is 0 Å². The van der Waals surface area contributed by atoms with Crippen molar-refractivity contribution in [3.05, 3.63) is 53.6 Å². The number of nitrogens with one attached hydrogen (secondary N) is 3. The third-order valence-electron chi connectivity index (χ3n) is 3.22. The van der Waals surface area contributed by atoms with E-state index >= 15 is 0 Å². The van der Waals surface area contributed by atoms with Gasteiger partial charge in [-0.15, -0.1) is 0 Å². The summed E-state index contributed by atoms with van der Waals surface area (Å²) in [6.07, 6.45) is 0. The molecule has 6 nitrogen and oxygen atoms in total. The van der Waals surface area contributed by atoms with Crippen LogP contribution in [0.15, 0.2) is 36.4 Å². The molecular formula is C17H17F2N3O3. The number of hydrogen-bond donors (Lipinski definition) is 3. The monoisotopic (exact) mass is 349 g/mol. The minimum Gasteiger partial charge on any atom is -0.494 e. The van der Waals surface area contributed by atoms with Gasteiger partial charge < -0.3 is 20.7 Å². The number of carbonyl (C=O) groups is 2. The number of amides is 3. The minimum atomic E-state index is -0.608. The molecule has 0 unspecified atom stereocenters. The van der Waals surface area contributed by atoms with Gasteiger partial charge in [-0.25, -0.2) is 13.6 Å². The summed E-state index contributed by atoms with van der Waals surface area (Å²) < 4.78 is 31.7. The number of benzene rings is 2. The molecule has 2 aromatic carbocycles. The lowest BCUT2D eigenvalue weighted by Crippen LogP contribution is -2.28. The molecule has 3 N–H and O–H groups in total. The highest BCUT2D eigenvalue weighted by atomic mass is 19.1. The van der Waals surface area contributed by atoms with Crippen molar-refractivity contribution in [1.82, 2.24) is 5.32 Å². The second kappa shape index (κ2) is 8.09. The second-order valence-electron chi connectivity index (χ2n) is 5.14. The van der Waals surface area contributed by atoms with Crippen LogP contribution in [0.4, 0.5) is 25.0 Å². The maximum atomic E-state index is 13.5. The van der Waals surface area contributed by atoms with E-state index in [9.17, 15) is 18.4 Å². The quantitative estimate of drug-likeness (QED) is 0.775. The van der Waals surface area contributed by atoms with Crippen LogP contribution in [0.3, 0.4) is 0 Å². The van der Waals surface area contributed by atoms with Crippen LogP contribution in [-0.4, -0.2) is 19.0 Å². The maximum absolute atomic E-state index is 13.5. The Hall–Kier alpha value is -3.16. The fourth-order valence-electron chi connectivity index (χ4n) is 2.09. The van der Waals surface area contributed by atoms with E-state index in [-0.39, 0.29) is 18.0 Å². The maximum Gasteiger partial charge on any atom is 0.319 e. The third kappa shape index (κ3) is 5.17. The lowest BCUT2D eigenvalue weighted by Gasteiger charge is -2.12. The average molecular weight is 349 g/mol. The first-order chi connectivity index (χ1) is 11.9. The molecular weight excluding hydrogens is 332 g/mol. The highest BCUT2D eigenvalue weighted by Crippen LogP contribution is 2.27. The highest BCUT2D eigenvalue weighted by molar-refractivity contribution is 5.93. The van der Waals surface area contributed by atoms with Crippen molar-refractivity contribution in [3.8, 4) is 5.75 Å². The number of ether oxygens (including phenoxy) is 1. The molecule has 0 spiro atoms. The number of rotatable bonds is 5. The minimum absolute atomic E-state index is 0.0359. The summed E-state index contributed by atoms with van der Waals surface area (Å²) in [5, 5.41) is 7.57. The van der Waals surface area contributed by atoms with Crippen LogP contribution in [0.1, 0.15) is 12.5 Å². The number of carbonyl (C=O) groups excluding carboxylic acids is 2. The fourth-order valence-corrected chi connectivity index (χ4v) is 2.09. The number of halogens is 2. The van der Waals surface area contributed by atoms with E-state index in [4.69, 9.17) is 4.74 Å². The molecule has 2 aromatic rings. The Balaban J connectivity index is 2.00. The molecule has 0 saturated heterocycles. The molecule has 0 heterocycles. The molecule has 0 bridgehead atoms. The molecule has 0 aliphatic carbocycles. The van der Waals surface area contributed by atoms with Crippen molar-refractivity contribution in [2.24, 2.45) is 0 Å².